The van der Waals surface area contributed by atoms with Crippen LogP contribution >= 0.6 is 11.8 Å². The predicted octanol–water partition coefficient (Wildman–Crippen LogP) is 3.14. The number of carbonyl (C=O) groups excluding carboxylic acids is 2. The van der Waals surface area contributed by atoms with Crippen LogP contribution in [0, 0.1) is 11.3 Å². The fourth-order valence-electron chi connectivity index (χ4n) is 2.25. The van der Waals surface area contributed by atoms with Crippen molar-refractivity contribution in [2.45, 2.75) is 60.5 Å². The Morgan fingerprint density at radius 2 is 1.83 bits per heavy atom. The van der Waals surface area contributed by atoms with E-state index in [-0.39, 0.29) is 29.3 Å². The van der Waals surface area contributed by atoms with Gasteiger partial charge in [-0.15, -0.1) is 0 Å². The number of amides is 1. The summed E-state index contributed by atoms with van der Waals surface area (Å²) in [5, 5.41) is 0. The van der Waals surface area contributed by atoms with Crippen molar-refractivity contribution in [1.82, 2.24) is 9.74 Å². The molecule has 0 radical (unpaired) electrons. The van der Waals surface area contributed by atoms with Crippen LogP contribution in [0.5, 0.6) is 0 Å². The zero-order chi connectivity index (χ0) is 18.4. The second kappa shape index (κ2) is 9.28. The molecule has 0 spiro atoms. The number of esters is 1. The molecule has 0 aliphatic heterocycles. The first-order valence-corrected chi connectivity index (χ1v) is 8.33. The van der Waals surface area contributed by atoms with Crippen LogP contribution in [0.3, 0.4) is 0 Å². The zero-order valence-corrected chi connectivity index (χ0v) is 16.3. The maximum Gasteiger partial charge on any atom is 0.333 e. The van der Waals surface area contributed by atoms with E-state index < -0.39 is 6.04 Å². The lowest BCUT2D eigenvalue weighted by atomic mass is 9.86. The molecule has 2 atom stereocenters. The van der Waals surface area contributed by atoms with Crippen LogP contribution in [-0.2, 0) is 14.3 Å². The Kier molecular flexibility index (Phi) is 8.85. The van der Waals surface area contributed by atoms with Crippen molar-refractivity contribution < 1.29 is 14.3 Å². The molecule has 6 heteroatoms. The van der Waals surface area contributed by atoms with Crippen LogP contribution < -0.4 is 4.84 Å². The minimum atomic E-state index is -0.522. The number of likely N-dealkylation sites (N-methyl/N-ethyl adjacent to an activating group) is 1. The molecule has 0 bridgehead atoms. The third kappa shape index (κ3) is 6.51. The lowest BCUT2D eigenvalue weighted by Crippen LogP contribution is -2.52. The van der Waals surface area contributed by atoms with E-state index in [1.807, 2.05) is 34.6 Å². The minimum absolute atomic E-state index is 0.112. The molecule has 0 fully saturated rings. The number of hydrogen-bond donors (Lipinski definition) is 1. The molecule has 0 aliphatic rings. The minimum Gasteiger partial charge on any atom is -0.463 e. The molecule has 0 heterocycles. The summed E-state index contributed by atoms with van der Waals surface area (Å²) >= 11 is 5.79. The maximum atomic E-state index is 12.8. The normalized spacial score (nSPS) is 15.3. The first kappa shape index (κ1) is 21.9. The van der Waals surface area contributed by atoms with E-state index in [1.165, 1.54) is 0 Å². The molecule has 1 N–H and O–H groups in total. The molecule has 0 aliphatic carbocycles. The number of carbonyl (C=O) groups is 2. The number of hydrogen-bond acceptors (Lipinski definition) is 4. The lowest BCUT2D eigenvalue weighted by molar-refractivity contribution is -0.139. The van der Waals surface area contributed by atoms with Gasteiger partial charge in [0.05, 0.1) is 12.6 Å². The summed E-state index contributed by atoms with van der Waals surface area (Å²) in [6.07, 6.45) is 1.79. The van der Waals surface area contributed by atoms with E-state index >= 15 is 0 Å². The van der Waals surface area contributed by atoms with Gasteiger partial charge >= 0.3 is 5.97 Å². The molecule has 0 aromatic heterocycles. The van der Waals surface area contributed by atoms with Gasteiger partial charge in [0, 0.05) is 12.6 Å². The van der Waals surface area contributed by atoms with E-state index in [4.69, 9.17) is 16.5 Å². The molecule has 1 amide bonds. The summed E-state index contributed by atoms with van der Waals surface area (Å²) < 4.78 is 5.00. The molecule has 0 saturated heterocycles. The number of rotatable bonds is 7. The Hall–Kier alpha value is -1.07. The second-order valence-electron chi connectivity index (χ2n) is 7.16. The molecular weight excluding hydrogens is 316 g/mol. The molecule has 5 nitrogen and oxygen atoms in total. The van der Waals surface area contributed by atoms with Crippen molar-refractivity contribution >= 4 is 23.7 Å². The van der Waals surface area contributed by atoms with E-state index in [9.17, 15) is 9.59 Å². The van der Waals surface area contributed by atoms with Crippen molar-refractivity contribution in [2.24, 2.45) is 11.3 Å². The standard InChI is InChI=1S/C17H31ClN2O3/c1-9-23-16(22)12(4)10-13(11(2)3)20(8)15(21)14(19-18)17(5,6)7/h10-11,13-14,19H,9H2,1-8H3/b12-10+/t13-,14-/m1/s1. The summed E-state index contributed by atoms with van der Waals surface area (Å²) in [6.45, 7) is 13.6. The fourth-order valence-corrected chi connectivity index (χ4v) is 2.67. The van der Waals surface area contributed by atoms with E-state index in [1.54, 1.807) is 31.9 Å². The highest BCUT2D eigenvalue weighted by molar-refractivity contribution is 6.15. The summed E-state index contributed by atoms with van der Waals surface area (Å²) in [5.74, 6) is -0.329. The lowest BCUT2D eigenvalue weighted by Gasteiger charge is -2.36. The summed E-state index contributed by atoms with van der Waals surface area (Å²) in [4.78, 5) is 28.8. The second-order valence-corrected chi connectivity index (χ2v) is 7.38. The highest BCUT2D eigenvalue weighted by Gasteiger charge is 2.35. The van der Waals surface area contributed by atoms with Crippen molar-refractivity contribution in [3.05, 3.63) is 11.6 Å². The molecule has 0 rings (SSSR count). The molecule has 0 saturated carbocycles. The third-order valence-electron chi connectivity index (χ3n) is 3.72. The number of halogens is 1. The fraction of sp³-hybridized carbons (Fsp3) is 0.765. The van der Waals surface area contributed by atoms with Crippen LogP contribution in [0.2, 0.25) is 0 Å². The Morgan fingerprint density at radius 3 is 2.17 bits per heavy atom. The summed E-state index contributed by atoms with van der Waals surface area (Å²) in [5.41, 5.74) is 0.172. The van der Waals surface area contributed by atoms with E-state index in [2.05, 4.69) is 4.84 Å². The van der Waals surface area contributed by atoms with Gasteiger partial charge < -0.3 is 9.64 Å². The maximum absolute atomic E-state index is 12.8. The van der Waals surface area contributed by atoms with Crippen LogP contribution in [0.4, 0.5) is 0 Å². The van der Waals surface area contributed by atoms with Crippen molar-refractivity contribution in [3.63, 3.8) is 0 Å². The van der Waals surface area contributed by atoms with Gasteiger partial charge in [0.15, 0.2) is 0 Å². The number of nitrogens with one attached hydrogen (secondary N) is 1. The summed E-state index contributed by atoms with van der Waals surface area (Å²) in [6, 6.07) is -0.742. The smallest absolute Gasteiger partial charge is 0.333 e. The molecule has 23 heavy (non-hydrogen) atoms. The topological polar surface area (TPSA) is 58.6 Å². The van der Waals surface area contributed by atoms with Gasteiger partial charge in [-0.1, -0.05) is 40.7 Å². The van der Waals surface area contributed by atoms with Crippen LogP contribution in [0.25, 0.3) is 0 Å². The predicted molar refractivity (Wildman–Crippen MR) is 94.0 cm³/mol. The Balaban J connectivity index is 5.43. The van der Waals surface area contributed by atoms with Gasteiger partial charge in [-0.05, 0) is 37.0 Å². The largest absolute Gasteiger partial charge is 0.463 e. The first-order valence-electron chi connectivity index (χ1n) is 7.95. The number of ether oxygens (including phenoxy) is 1. The van der Waals surface area contributed by atoms with Gasteiger partial charge in [-0.25, -0.2) is 9.63 Å². The average Bonchev–Trinajstić information content (AvgIpc) is 2.42. The van der Waals surface area contributed by atoms with Crippen LogP contribution in [0.15, 0.2) is 11.6 Å². The molecule has 134 valence electrons. The van der Waals surface area contributed by atoms with Crippen LogP contribution in [-0.4, -0.2) is 42.5 Å². The zero-order valence-electron chi connectivity index (χ0n) is 15.6. The highest BCUT2D eigenvalue weighted by Crippen LogP contribution is 2.24. The third-order valence-corrected chi connectivity index (χ3v) is 3.94. The number of nitrogens with zero attached hydrogens (tertiary/aromatic N) is 1. The van der Waals surface area contributed by atoms with Gasteiger partial charge in [-0.3, -0.25) is 4.79 Å². The first-order chi connectivity index (χ1) is 10.5. The SMILES string of the molecule is CCOC(=O)/C(C)=C/[C@H](C(C)C)N(C)C(=O)[C@@H](NCl)C(C)(C)C. The molecular formula is C17H31ClN2O3. The molecule has 0 aromatic carbocycles. The summed E-state index contributed by atoms with van der Waals surface area (Å²) in [7, 11) is 1.73. The van der Waals surface area contributed by atoms with Crippen molar-refractivity contribution in [3.8, 4) is 0 Å². The van der Waals surface area contributed by atoms with Gasteiger partial charge in [0.2, 0.25) is 5.91 Å². The molecule has 0 aromatic rings. The van der Waals surface area contributed by atoms with Gasteiger partial charge in [0.1, 0.15) is 6.04 Å². The monoisotopic (exact) mass is 346 g/mol. The van der Waals surface area contributed by atoms with E-state index in [0.29, 0.717) is 12.2 Å². The molecule has 0 unspecified atom stereocenters. The van der Waals surface area contributed by atoms with Crippen molar-refractivity contribution in [2.75, 3.05) is 13.7 Å². The van der Waals surface area contributed by atoms with Crippen LogP contribution in [0.1, 0.15) is 48.5 Å². The van der Waals surface area contributed by atoms with Crippen molar-refractivity contribution in [1.29, 1.82) is 0 Å². The Labute approximate surface area is 145 Å². The van der Waals surface area contributed by atoms with Gasteiger partial charge in [-0.2, -0.15) is 0 Å². The average molecular weight is 347 g/mol. The van der Waals surface area contributed by atoms with Gasteiger partial charge in [0.25, 0.3) is 0 Å². The van der Waals surface area contributed by atoms with E-state index in [0.717, 1.165) is 0 Å². The Morgan fingerprint density at radius 1 is 1.30 bits per heavy atom. The highest BCUT2D eigenvalue weighted by atomic mass is 35.5. The Bertz CT molecular complexity index is 442. The quantitative estimate of drug-likeness (QED) is 0.437.